The number of hydrogen-bond acceptors (Lipinski definition) is 3. The summed E-state index contributed by atoms with van der Waals surface area (Å²) >= 11 is 0. The molecule has 1 unspecified atom stereocenters. The summed E-state index contributed by atoms with van der Waals surface area (Å²) < 4.78 is 1.76. The molecule has 84 valence electrons. The van der Waals surface area contributed by atoms with Crippen molar-refractivity contribution in [3.05, 3.63) is 35.2 Å². The predicted molar refractivity (Wildman–Crippen MR) is 62.5 cm³/mol. The zero-order valence-electron chi connectivity index (χ0n) is 9.69. The van der Waals surface area contributed by atoms with Crippen molar-refractivity contribution in [2.45, 2.75) is 26.8 Å². The maximum absolute atomic E-state index is 11.6. The molecule has 0 radical (unpaired) electrons. The van der Waals surface area contributed by atoms with E-state index in [1.54, 1.807) is 17.6 Å². The van der Waals surface area contributed by atoms with E-state index in [2.05, 4.69) is 5.10 Å². The highest BCUT2D eigenvalue weighted by Gasteiger charge is 2.20. The van der Waals surface area contributed by atoms with Crippen LogP contribution in [0.5, 0.6) is 0 Å². The molecule has 0 aliphatic heterocycles. The number of rotatable bonds is 2. The van der Waals surface area contributed by atoms with Gasteiger partial charge in [-0.25, -0.2) is 4.52 Å². The lowest BCUT2D eigenvalue weighted by Gasteiger charge is -2.06. The lowest BCUT2D eigenvalue weighted by Crippen LogP contribution is -2.10. The fourth-order valence-electron chi connectivity index (χ4n) is 2.21. The van der Waals surface area contributed by atoms with Gasteiger partial charge < -0.3 is 5.73 Å². The molecule has 2 aromatic heterocycles. The van der Waals surface area contributed by atoms with Crippen molar-refractivity contribution in [3.8, 4) is 0 Å². The highest BCUT2D eigenvalue weighted by Crippen LogP contribution is 2.25. The monoisotopic (exact) mass is 217 g/mol. The molecule has 16 heavy (non-hydrogen) atoms. The molecule has 4 nitrogen and oxygen atoms in total. The van der Waals surface area contributed by atoms with Gasteiger partial charge in [-0.05, 0) is 38.5 Å². The summed E-state index contributed by atoms with van der Waals surface area (Å²) in [6, 6.07) is 3.57. The third-order valence-electron chi connectivity index (χ3n) is 2.78. The van der Waals surface area contributed by atoms with Crippen molar-refractivity contribution in [3.63, 3.8) is 0 Å². The zero-order valence-corrected chi connectivity index (χ0v) is 9.69. The topological polar surface area (TPSA) is 60.4 Å². The maximum atomic E-state index is 11.6. The van der Waals surface area contributed by atoms with Crippen LogP contribution in [0.25, 0.3) is 5.52 Å². The molecule has 2 aromatic rings. The van der Waals surface area contributed by atoms with Crippen molar-refractivity contribution < 1.29 is 4.79 Å². The Morgan fingerprint density at radius 1 is 1.56 bits per heavy atom. The SMILES string of the molecule is CC(=O)c1c(C)c(C(C)N)n2ncccc12. The van der Waals surface area contributed by atoms with Crippen LogP contribution >= 0.6 is 0 Å². The number of fused-ring (bicyclic) bond motifs is 1. The third kappa shape index (κ3) is 1.42. The number of nitrogens with two attached hydrogens (primary N) is 1. The number of hydrogen-bond donors (Lipinski definition) is 1. The van der Waals surface area contributed by atoms with Gasteiger partial charge in [-0.3, -0.25) is 4.79 Å². The average molecular weight is 217 g/mol. The molecule has 1 atom stereocenters. The highest BCUT2D eigenvalue weighted by molar-refractivity contribution is 6.02. The Kier molecular flexibility index (Phi) is 2.52. The van der Waals surface area contributed by atoms with Crippen LogP contribution < -0.4 is 5.73 Å². The second kappa shape index (κ2) is 3.72. The quantitative estimate of drug-likeness (QED) is 0.781. The molecule has 0 aliphatic carbocycles. The van der Waals surface area contributed by atoms with E-state index >= 15 is 0 Å². The first-order valence-corrected chi connectivity index (χ1v) is 5.26. The Morgan fingerprint density at radius 2 is 2.25 bits per heavy atom. The van der Waals surface area contributed by atoms with Gasteiger partial charge in [-0.2, -0.15) is 5.10 Å². The minimum Gasteiger partial charge on any atom is -0.323 e. The van der Waals surface area contributed by atoms with Crippen LogP contribution in [0.15, 0.2) is 18.3 Å². The molecular weight excluding hydrogens is 202 g/mol. The molecule has 4 heteroatoms. The molecule has 0 aliphatic rings. The van der Waals surface area contributed by atoms with Gasteiger partial charge in [-0.1, -0.05) is 0 Å². The lowest BCUT2D eigenvalue weighted by atomic mass is 10.1. The van der Waals surface area contributed by atoms with Gasteiger partial charge in [0.05, 0.1) is 11.2 Å². The Hall–Kier alpha value is -1.68. The molecule has 0 fully saturated rings. The number of carbonyl (C=O) groups excluding carboxylic acids is 1. The van der Waals surface area contributed by atoms with Crippen LogP contribution in [0.4, 0.5) is 0 Å². The summed E-state index contributed by atoms with van der Waals surface area (Å²) in [5.41, 5.74) is 9.31. The normalized spacial score (nSPS) is 13.0. The minimum absolute atomic E-state index is 0.0508. The zero-order chi connectivity index (χ0) is 11.9. The number of carbonyl (C=O) groups is 1. The fraction of sp³-hybridized carbons (Fsp3) is 0.333. The van der Waals surface area contributed by atoms with E-state index in [1.165, 1.54) is 0 Å². The molecule has 2 rings (SSSR count). The first kappa shape index (κ1) is 10.8. The Labute approximate surface area is 94.1 Å². The second-order valence-corrected chi connectivity index (χ2v) is 4.05. The van der Waals surface area contributed by atoms with Crippen LogP contribution in [0, 0.1) is 6.92 Å². The van der Waals surface area contributed by atoms with E-state index < -0.39 is 0 Å². The van der Waals surface area contributed by atoms with E-state index in [-0.39, 0.29) is 11.8 Å². The van der Waals surface area contributed by atoms with E-state index in [9.17, 15) is 4.79 Å². The molecule has 2 heterocycles. The smallest absolute Gasteiger partial charge is 0.162 e. The summed E-state index contributed by atoms with van der Waals surface area (Å²) in [5, 5.41) is 4.25. The van der Waals surface area contributed by atoms with Crippen LogP contribution in [0.3, 0.4) is 0 Å². The van der Waals surface area contributed by atoms with Crippen molar-refractivity contribution in [2.24, 2.45) is 5.73 Å². The molecule has 0 amide bonds. The standard InChI is InChI=1S/C12H15N3O/c1-7-11(9(3)16)10-5-4-6-14-15(10)12(7)8(2)13/h4-6,8H,13H2,1-3H3. The minimum atomic E-state index is -0.143. The molecule has 0 saturated heterocycles. The Balaban J connectivity index is 2.91. The summed E-state index contributed by atoms with van der Waals surface area (Å²) in [6.07, 6.45) is 1.70. The average Bonchev–Trinajstić information content (AvgIpc) is 2.49. The summed E-state index contributed by atoms with van der Waals surface area (Å²) in [4.78, 5) is 11.6. The fourth-order valence-corrected chi connectivity index (χ4v) is 2.21. The number of aromatic nitrogens is 2. The number of nitrogens with zero attached hydrogens (tertiary/aromatic N) is 2. The molecule has 0 saturated carbocycles. The van der Waals surface area contributed by atoms with Gasteiger partial charge >= 0.3 is 0 Å². The van der Waals surface area contributed by atoms with Crippen LogP contribution in [0.2, 0.25) is 0 Å². The van der Waals surface area contributed by atoms with Crippen LogP contribution in [0.1, 0.15) is 41.5 Å². The van der Waals surface area contributed by atoms with Gasteiger partial charge in [0.25, 0.3) is 0 Å². The maximum Gasteiger partial charge on any atom is 0.162 e. The summed E-state index contributed by atoms with van der Waals surface area (Å²) in [5.74, 6) is 0.0508. The first-order valence-electron chi connectivity index (χ1n) is 5.26. The molecular formula is C12H15N3O. The lowest BCUT2D eigenvalue weighted by molar-refractivity contribution is 0.101. The van der Waals surface area contributed by atoms with Gasteiger partial charge in [0, 0.05) is 17.8 Å². The Morgan fingerprint density at radius 3 is 2.81 bits per heavy atom. The molecule has 2 N–H and O–H groups in total. The largest absolute Gasteiger partial charge is 0.323 e. The summed E-state index contributed by atoms with van der Waals surface area (Å²) in [6.45, 7) is 5.39. The molecule has 0 spiro atoms. The van der Waals surface area contributed by atoms with Crippen molar-refractivity contribution in [1.82, 2.24) is 9.61 Å². The van der Waals surface area contributed by atoms with Gasteiger partial charge in [0.2, 0.25) is 0 Å². The van der Waals surface area contributed by atoms with E-state index in [4.69, 9.17) is 5.73 Å². The van der Waals surface area contributed by atoms with Crippen LogP contribution in [-0.4, -0.2) is 15.4 Å². The van der Waals surface area contributed by atoms with Crippen molar-refractivity contribution in [1.29, 1.82) is 0 Å². The summed E-state index contributed by atoms with van der Waals surface area (Å²) in [7, 11) is 0. The van der Waals surface area contributed by atoms with Crippen molar-refractivity contribution in [2.75, 3.05) is 0 Å². The molecule has 0 bridgehead atoms. The van der Waals surface area contributed by atoms with Gasteiger partial charge in [0.15, 0.2) is 5.78 Å². The predicted octanol–water partition coefficient (Wildman–Crippen LogP) is 1.87. The van der Waals surface area contributed by atoms with Gasteiger partial charge in [0.1, 0.15) is 0 Å². The van der Waals surface area contributed by atoms with Crippen LogP contribution in [-0.2, 0) is 0 Å². The Bertz CT molecular complexity index is 555. The van der Waals surface area contributed by atoms with E-state index in [0.29, 0.717) is 0 Å². The third-order valence-corrected chi connectivity index (χ3v) is 2.78. The van der Waals surface area contributed by atoms with E-state index in [0.717, 1.165) is 22.3 Å². The van der Waals surface area contributed by atoms with E-state index in [1.807, 2.05) is 26.0 Å². The number of Topliss-reactive ketones (excluding diaryl/α,β-unsaturated/α-hetero) is 1. The second-order valence-electron chi connectivity index (χ2n) is 4.05. The first-order chi connectivity index (χ1) is 7.54. The highest BCUT2D eigenvalue weighted by atomic mass is 16.1. The molecule has 0 aromatic carbocycles. The van der Waals surface area contributed by atoms with Crippen molar-refractivity contribution >= 4 is 11.3 Å². The van der Waals surface area contributed by atoms with Gasteiger partial charge in [-0.15, -0.1) is 0 Å². The number of ketones is 1.